The molecule has 0 heterocycles. The second-order valence-corrected chi connectivity index (χ2v) is 15.6. The van der Waals surface area contributed by atoms with E-state index in [-0.39, 0.29) is 23.0 Å². The molecular formula is C23H42O4Si. The van der Waals surface area contributed by atoms with Crippen molar-refractivity contribution < 1.29 is 19.4 Å². The second-order valence-electron chi connectivity index (χ2n) is 10.9. The maximum absolute atomic E-state index is 11.3. The van der Waals surface area contributed by atoms with Crippen LogP contribution in [-0.4, -0.2) is 36.2 Å². The fraction of sp³-hybridized carbons (Fsp3) is 0.870. The van der Waals surface area contributed by atoms with Gasteiger partial charge in [0.05, 0.1) is 18.1 Å². The fourth-order valence-corrected chi connectivity index (χ4v) is 6.93. The van der Waals surface area contributed by atoms with Gasteiger partial charge in [-0.05, 0) is 69.0 Å². The maximum atomic E-state index is 11.3. The van der Waals surface area contributed by atoms with E-state index in [0.29, 0.717) is 18.3 Å². The summed E-state index contributed by atoms with van der Waals surface area (Å²) in [6.07, 6.45) is 7.68. The average molecular weight is 411 g/mol. The van der Waals surface area contributed by atoms with Crippen molar-refractivity contribution in [2.75, 3.05) is 0 Å². The Morgan fingerprint density at radius 1 is 1.39 bits per heavy atom. The van der Waals surface area contributed by atoms with Gasteiger partial charge in [-0.3, -0.25) is 4.79 Å². The van der Waals surface area contributed by atoms with Crippen molar-refractivity contribution >= 4 is 14.3 Å². The van der Waals surface area contributed by atoms with Gasteiger partial charge in [0.25, 0.3) is 0 Å². The summed E-state index contributed by atoms with van der Waals surface area (Å²) in [6, 6.07) is 0. The molecule has 4 nitrogen and oxygen atoms in total. The first kappa shape index (κ1) is 23.6. The number of carbonyl (C=O) groups is 1. The first-order chi connectivity index (χ1) is 12.8. The summed E-state index contributed by atoms with van der Waals surface area (Å²) in [6.45, 7) is 16.0. The number of carboxylic acids is 1. The Hall–Kier alpha value is -0.653. The van der Waals surface area contributed by atoms with Crippen LogP contribution in [0.25, 0.3) is 0 Å². The lowest BCUT2D eigenvalue weighted by Crippen LogP contribution is -2.50. The molecule has 162 valence electrons. The lowest BCUT2D eigenvalue weighted by molar-refractivity contribution is -0.138. The monoisotopic (exact) mass is 410 g/mol. The molecule has 28 heavy (non-hydrogen) atoms. The lowest BCUT2D eigenvalue weighted by Gasteiger charge is -2.49. The van der Waals surface area contributed by atoms with E-state index in [4.69, 9.17) is 4.43 Å². The molecule has 1 fully saturated rings. The van der Waals surface area contributed by atoms with E-state index in [1.54, 1.807) is 0 Å². The van der Waals surface area contributed by atoms with Crippen molar-refractivity contribution in [2.45, 2.75) is 109 Å². The molecule has 2 aliphatic carbocycles. The Labute approximate surface area is 172 Å². The molecule has 0 aromatic heterocycles. The molecule has 5 heteroatoms. The van der Waals surface area contributed by atoms with Crippen molar-refractivity contribution in [1.29, 1.82) is 0 Å². The third-order valence-electron chi connectivity index (χ3n) is 7.60. The summed E-state index contributed by atoms with van der Waals surface area (Å²) in [5.41, 5.74) is 1.10. The zero-order valence-electron chi connectivity index (χ0n) is 19.0. The van der Waals surface area contributed by atoms with Gasteiger partial charge in [0.1, 0.15) is 0 Å². The number of hydrogen-bond acceptors (Lipinski definition) is 3. The van der Waals surface area contributed by atoms with E-state index in [0.717, 1.165) is 25.7 Å². The summed E-state index contributed by atoms with van der Waals surface area (Å²) in [5.74, 6) is -0.191. The van der Waals surface area contributed by atoms with Gasteiger partial charge in [0.15, 0.2) is 8.32 Å². The molecule has 1 saturated carbocycles. The van der Waals surface area contributed by atoms with Crippen molar-refractivity contribution in [3.05, 3.63) is 11.6 Å². The molecule has 2 N–H and O–H groups in total. The van der Waals surface area contributed by atoms with Crippen molar-refractivity contribution in [3.8, 4) is 0 Å². The number of aliphatic carboxylic acids is 1. The van der Waals surface area contributed by atoms with Gasteiger partial charge in [-0.25, -0.2) is 0 Å². The highest BCUT2D eigenvalue weighted by Crippen LogP contribution is 2.49. The minimum absolute atomic E-state index is 0.0357. The van der Waals surface area contributed by atoms with Crippen LogP contribution in [0.15, 0.2) is 11.6 Å². The number of hydrogen-bond donors (Lipinski definition) is 2. The highest BCUT2D eigenvalue weighted by atomic mass is 28.4. The number of aliphatic hydroxyl groups excluding tert-OH is 1. The summed E-state index contributed by atoms with van der Waals surface area (Å²) in [4.78, 5) is 11.3. The van der Waals surface area contributed by atoms with Gasteiger partial charge in [0, 0.05) is 5.92 Å². The van der Waals surface area contributed by atoms with Gasteiger partial charge >= 0.3 is 5.97 Å². The zero-order chi connectivity index (χ0) is 21.3. The van der Waals surface area contributed by atoms with Crippen LogP contribution in [-0.2, 0) is 9.22 Å². The first-order valence-corrected chi connectivity index (χ1v) is 14.0. The van der Waals surface area contributed by atoms with Crippen LogP contribution in [0, 0.1) is 17.8 Å². The SMILES string of the molecule is CCC(C1=CCC(O)C1CC(=O)O)C1CCCC(C)(O[Si](C)(C)C(C)(C)C)C1. The van der Waals surface area contributed by atoms with E-state index in [1.165, 1.54) is 12.0 Å². The first-order valence-electron chi connectivity index (χ1n) is 11.1. The molecule has 0 spiro atoms. The predicted molar refractivity (Wildman–Crippen MR) is 117 cm³/mol. The fourth-order valence-electron chi connectivity index (χ4n) is 5.21. The molecule has 5 unspecified atom stereocenters. The van der Waals surface area contributed by atoms with Gasteiger partial charge < -0.3 is 14.6 Å². The Balaban J connectivity index is 2.18. The molecule has 0 aromatic carbocycles. The second kappa shape index (κ2) is 8.61. The maximum Gasteiger partial charge on any atom is 0.304 e. The largest absolute Gasteiger partial charge is 0.481 e. The highest BCUT2D eigenvalue weighted by Gasteiger charge is 2.46. The van der Waals surface area contributed by atoms with E-state index < -0.39 is 20.4 Å². The van der Waals surface area contributed by atoms with Crippen LogP contribution in [0.1, 0.15) is 79.6 Å². The summed E-state index contributed by atoms with van der Waals surface area (Å²) >= 11 is 0. The lowest BCUT2D eigenvalue weighted by atomic mass is 9.68. The summed E-state index contributed by atoms with van der Waals surface area (Å²) < 4.78 is 6.91. The molecule has 2 aliphatic rings. The van der Waals surface area contributed by atoms with E-state index in [9.17, 15) is 15.0 Å². The number of rotatable bonds is 7. The minimum Gasteiger partial charge on any atom is -0.481 e. The molecule has 0 aromatic rings. The Bertz CT molecular complexity index is 592. The Kier molecular flexibility index (Phi) is 7.26. The molecule has 0 amide bonds. The zero-order valence-corrected chi connectivity index (χ0v) is 20.0. The quantitative estimate of drug-likeness (QED) is 0.413. The van der Waals surface area contributed by atoms with E-state index >= 15 is 0 Å². The van der Waals surface area contributed by atoms with Gasteiger partial charge in [-0.15, -0.1) is 0 Å². The summed E-state index contributed by atoms with van der Waals surface area (Å²) in [7, 11) is -1.85. The predicted octanol–water partition coefficient (Wildman–Crippen LogP) is 5.77. The van der Waals surface area contributed by atoms with Crippen molar-refractivity contribution in [2.24, 2.45) is 17.8 Å². The molecule has 0 radical (unpaired) electrons. The summed E-state index contributed by atoms with van der Waals surface area (Å²) in [5, 5.41) is 19.9. The normalized spacial score (nSPS) is 32.9. The van der Waals surface area contributed by atoms with Crippen molar-refractivity contribution in [3.63, 3.8) is 0 Å². The topological polar surface area (TPSA) is 66.8 Å². The Morgan fingerprint density at radius 3 is 2.57 bits per heavy atom. The Morgan fingerprint density at radius 2 is 2.04 bits per heavy atom. The van der Waals surface area contributed by atoms with Crippen LogP contribution in [0.5, 0.6) is 0 Å². The molecule has 5 atom stereocenters. The van der Waals surface area contributed by atoms with Crippen LogP contribution < -0.4 is 0 Å². The molecule has 2 rings (SSSR count). The molecular weight excluding hydrogens is 368 g/mol. The van der Waals surface area contributed by atoms with E-state index in [1.807, 2.05) is 0 Å². The van der Waals surface area contributed by atoms with Crippen LogP contribution in [0.3, 0.4) is 0 Å². The number of aliphatic hydroxyl groups is 1. The minimum atomic E-state index is -1.85. The standard InChI is InChI=1S/C23H42O4Si/c1-8-17(18-11-12-20(24)19(18)14-21(25)26)16-10-9-13-23(5,15-16)27-28(6,7)22(2,3)4/h11,16-17,19-20,24H,8-10,12-15H2,1-7H3,(H,25,26). The van der Waals surface area contributed by atoms with Crippen LogP contribution in [0.4, 0.5) is 0 Å². The smallest absolute Gasteiger partial charge is 0.304 e. The van der Waals surface area contributed by atoms with Gasteiger partial charge in [0.2, 0.25) is 0 Å². The third kappa shape index (κ3) is 5.28. The van der Waals surface area contributed by atoms with Crippen molar-refractivity contribution in [1.82, 2.24) is 0 Å². The number of carboxylic acid groups (broad SMARTS) is 1. The molecule has 0 bridgehead atoms. The van der Waals surface area contributed by atoms with Gasteiger partial charge in [-0.1, -0.05) is 45.8 Å². The third-order valence-corrected chi connectivity index (χ3v) is 12.2. The van der Waals surface area contributed by atoms with Gasteiger partial charge in [-0.2, -0.15) is 0 Å². The molecule has 0 aliphatic heterocycles. The van der Waals surface area contributed by atoms with Crippen LogP contribution >= 0.6 is 0 Å². The molecule has 0 saturated heterocycles. The van der Waals surface area contributed by atoms with E-state index in [2.05, 4.69) is 53.8 Å². The average Bonchev–Trinajstić information content (AvgIpc) is 2.87. The van der Waals surface area contributed by atoms with Crippen LogP contribution in [0.2, 0.25) is 18.1 Å². The highest BCUT2D eigenvalue weighted by molar-refractivity contribution is 6.74.